The summed E-state index contributed by atoms with van der Waals surface area (Å²) in [7, 11) is -3.61. The van der Waals surface area contributed by atoms with Crippen LogP contribution in [0.5, 0.6) is 0 Å². The van der Waals surface area contributed by atoms with Gasteiger partial charge in [-0.05, 0) is 37.1 Å². The van der Waals surface area contributed by atoms with Crippen LogP contribution in [0, 0.1) is 13.8 Å². The minimum Gasteiger partial charge on any atom is -0.379 e. The minimum absolute atomic E-state index is 0.358. The SMILES string of the molecule is Cc1ccc(-n2cc(C)cn2)c(NS(=O)(=O)N2CCOCC2)c1. The Balaban J connectivity index is 1.94. The van der Waals surface area contributed by atoms with Crippen LogP contribution < -0.4 is 4.72 Å². The Hall–Kier alpha value is -1.90. The average Bonchev–Trinajstić information content (AvgIpc) is 2.94. The number of ether oxygens (including phenoxy) is 1. The minimum atomic E-state index is -3.61. The Kier molecular flexibility index (Phi) is 4.38. The first-order chi connectivity index (χ1) is 11.0. The van der Waals surface area contributed by atoms with Crippen molar-refractivity contribution in [3.63, 3.8) is 0 Å². The molecule has 0 atom stereocenters. The molecule has 8 heteroatoms. The second-order valence-electron chi connectivity index (χ2n) is 5.60. The maximum Gasteiger partial charge on any atom is 0.301 e. The molecular weight excluding hydrogens is 316 g/mol. The van der Waals surface area contributed by atoms with Crippen LogP contribution in [0.2, 0.25) is 0 Å². The highest BCUT2D eigenvalue weighted by Crippen LogP contribution is 2.24. The highest BCUT2D eigenvalue weighted by Gasteiger charge is 2.25. The van der Waals surface area contributed by atoms with Crippen molar-refractivity contribution < 1.29 is 13.2 Å². The van der Waals surface area contributed by atoms with Crippen LogP contribution in [-0.2, 0) is 14.9 Å². The van der Waals surface area contributed by atoms with E-state index in [1.807, 2.05) is 38.2 Å². The van der Waals surface area contributed by atoms with E-state index in [0.29, 0.717) is 37.7 Å². The van der Waals surface area contributed by atoms with Gasteiger partial charge < -0.3 is 4.74 Å². The van der Waals surface area contributed by atoms with Crippen molar-refractivity contribution in [3.05, 3.63) is 41.7 Å². The van der Waals surface area contributed by atoms with Gasteiger partial charge in [-0.25, -0.2) is 4.68 Å². The largest absolute Gasteiger partial charge is 0.379 e. The second-order valence-corrected chi connectivity index (χ2v) is 7.27. The number of aryl methyl sites for hydroxylation is 2. The summed E-state index contributed by atoms with van der Waals surface area (Å²) >= 11 is 0. The van der Waals surface area contributed by atoms with Gasteiger partial charge >= 0.3 is 10.2 Å². The molecule has 2 aromatic rings. The fraction of sp³-hybridized carbons (Fsp3) is 0.400. The van der Waals surface area contributed by atoms with Crippen LogP contribution in [0.4, 0.5) is 5.69 Å². The molecule has 1 aromatic heterocycles. The molecule has 0 aliphatic carbocycles. The number of anilines is 1. The molecule has 1 aromatic carbocycles. The molecule has 0 saturated carbocycles. The molecule has 1 fully saturated rings. The van der Waals surface area contributed by atoms with Gasteiger partial charge in [0.1, 0.15) is 0 Å². The first-order valence-electron chi connectivity index (χ1n) is 7.44. The van der Waals surface area contributed by atoms with Crippen molar-refractivity contribution in [2.75, 3.05) is 31.0 Å². The molecule has 7 nitrogen and oxygen atoms in total. The van der Waals surface area contributed by atoms with Crippen molar-refractivity contribution >= 4 is 15.9 Å². The van der Waals surface area contributed by atoms with Gasteiger partial charge in [0.15, 0.2) is 0 Å². The van der Waals surface area contributed by atoms with Crippen LogP contribution in [0.1, 0.15) is 11.1 Å². The zero-order valence-corrected chi connectivity index (χ0v) is 14.0. The molecule has 23 heavy (non-hydrogen) atoms. The van der Waals surface area contributed by atoms with Crippen LogP contribution in [0.3, 0.4) is 0 Å². The van der Waals surface area contributed by atoms with E-state index in [9.17, 15) is 8.42 Å². The van der Waals surface area contributed by atoms with Crippen molar-refractivity contribution in [1.82, 2.24) is 14.1 Å². The zero-order chi connectivity index (χ0) is 16.4. The van der Waals surface area contributed by atoms with Gasteiger partial charge in [0, 0.05) is 19.3 Å². The van der Waals surface area contributed by atoms with Crippen LogP contribution in [0.15, 0.2) is 30.6 Å². The molecule has 3 rings (SSSR count). The van der Waals surface area contributed by atoms with Gasteiger partial charge in [0.2, 0.25) is 0 Å². The van der Waals surface area contributed by atoms with Gasteiger partial charge in [0.25, 0.3) is 0 Å². The zero-order valence-electron chi connectivity index (χ0n) is 13.2. The van der Waals surface area contributed by atoms with E-state index in [4.69, 9.17) is 4.74 Å². The molecule has 0 radical (unpaired) electrons. The number of benzene rings is 1. The molecule has 0 amide bonds. The van der Waals surface area contributed by atoms with Crippen molar-refractivity contribution in [2.45, 2.75) is 13.8 Å². The summed E-state index contributed by atoms with van der Waals surface area (Å²) in [4.78, 5) is 0. The molecule has 1 saturated heterocycles. The molecule has 0 bridgehead atoms. The smallest absolute Gasteiger partial charge is 0.301 e. The molecule has 0 unspecified atom stereocenters. The summed E-state index contributed by atoms with van der Waals surface area (Å²) in [6, 6.07) is 5.60. The van der Waals surface area contributed by atoms with Gasteiger partial charge in [0.05, 0.1) is 30.8 Å². The Bertz CT molecular complexity index is 795. The summed E-state index contributed by atoms with van der Waals surface area (Å²) in [5, 5.41) is 4.27. The van der Waals surface area contributed by atoms with E-state index in [-0.39, 0.29) is 0 Å². The van der Waals surface area contributed by atoms with Gasteiger partial charge in [-0.15, -0.1) is 0 Å². The van der Waals surface area contributed by atoms with Gasteiger partial charge in [-0.1, -0.05) is 6.07 Å². The topological polar surface area (TPSA) is 76.5 Å². The third-order valence-corrected chi connectivity index (χ3v) is 5.18. The van der Waals surface area contributed by atoms with Gasteiger partial charge in [-0.2, -0.15) is 17.8 Å². The third kappa shape index (κ3) is 3.54. The van der Waals surface area contributed by atoms with E-state index in [0.717, 1.165) is 11.1 Å². The van der Waals surface area contributed by atoms with Crippen molar-refractivity contribution in [1.29, 1.82) is 0 Å². The summed E-state index contributed by atoms with van der Waals surface area (Å²) in [6.45, 7) is 5.41. The molecule has 1 aliphatic heterocycles. The Morgan fingerprint density at radius 1 is 1.17 bits per heavy atom. The van der Waals surface area contributed by atoms with Crippen molar-refractivity contribution in [2.24, 2.45) is 0 Å². The predicted octanol–water partition coefficient (Wildman–Crippen LogP) is 1.48. The van der Waals surface area contributed by atoms with Gasteiger partial charge in [-0.3, -0.25) is 4.72 Å². The van der Waals surface area contributed by atoms with Crippen LogP contribution >= 0.6 is 0 Å². The highest BCUT2D eigenvalue weighted by molar-refractivity contribution is 7.90. The predicted molar refractivity (Wildman–Crippen MR) is 88.0 cm³/mol. The Morgan fingerprint density at radius 2 is 1.91 bits per heavy atom. The lowest BCUT2D eigenvalue weighted by Gasteiger charge is -2.27. The normalized spacial score (nSPS) is 16.4. The summed E-state index contributed by atoms with van der Waals surface area (Å²) in [5.74, 6) is 0. The molecule has 1 aliphatic rings. The second kappa shape index (κ2) is 6.31. The first kappa shape index (κ1) is 16.0. The van der Waals surface area contributed by atoms with E-state index >= 15 is 0 Å². The Morgan fingerprint density at radius 3 is 2.57 bits per heavy atom. The standard InChI is InChI=1S/C15H20N4O3S/c1-12-3-4-15(19-11-13(2)10-16-19)14(9-12)17-23(20,21)18-5-7-22-8-6-18/h3-4,9-11,17H,5-8H2,1-2H3. The monoisotopic (exact) mass is 336 g/mol. The summed E-state index contributed by atoms with van der Waals surface area (Å²) in [5.41, 5.74) is 3.19. The highest BCUT2D eigenvalue weighted by atomic mass is 32.2. The number of morpholine rings is 1. The number of nitrogens with one attached hydrogen (secondary N) is 1. The molecule has 2 heterocycles. The number of aromatic nitrogens is 2. The van der Waals surface area contributed by atoms with E-state index in [2.05, 4.69) is 9.82 Å². The summed E-state index contributed by atoms with van der Waals surface area (Å²) < 4.78 is 36.1. The molecule has 1 N–H and O–H groups in total. The lowest BCUT2D eigenvalue weighted by Crippen LogP contribution is -2.43. The van der Waals surface area contributed by atoms with E-state index < -0.39 is 10.2 Å². The number of hydrogen-bond donors (Lipinski definition) is 1. The van der Waals surface area contributed by atoms with Crippen molar-refractivity contribution in [3.8, 4) is 5.69 Å². The van der Waals surface area contributed by atoms with E-state index in [1.165, 1.54) is 4.31 Å². The maximum atomic E-state index is 12.6. The van der Waals surface area contributed by atoms with Crippen LogP contribution in [0.25, 0.3) is 5.69 Å². The number of rotatable bonds is 4. The lowest BCUT2D eigenvalue weighted by molar-refractivity contribution is 0.0733. The fourth-order valence-corrected chi connectivity index (χ4v) is 3.67. The maximum absolute atomic E-state index is 12.6. The number of nitrogens with zero attached hydrogens (tertiary/aromatic N) is 3. The summed E-state index contributed by atoms with van der Waals surface area (Å²) in [6.07, 6.45) is 3.59. The number of hydrogen-bond acceptors (Lipinski definition) is 4. The molecule has 124 valence electrons. The van der Waals surface area contributed by atoms with Crippen LogP contribution in [-0.4, -0.2) is 48.8 Å². The quantitative estimate of drug-likeness (QED) is 0.917. The molecular formula is C15H20N4O3S. The third-order valence-electron chi connectivity index (χ3n) is 3.66. The Labute approximate surface area is 136 Å². The fourth-order valence-electron chi connectivity index (χ4n) is 2.47. The average molecular weight is 336 g/mol. The lowest BCUT2D eigenvalue weighted by atomic mass is 10.2. The first-order valence-corrected chi connectivity index (χ1v) is 8.88. The molecule has 0 spiro atoms. The van der Waals surface area contributed by atoms with E-state index in [1.54, 1.807) is 10.9 Å².